The van der Waals surface area contributed by atoms with Crippen molar-refractivity contribution in [1.82, 2.24) is 40.2 Å². The fraction of sp³-hybridized carbons (Fsp3) is 0.500. The van der Waals surface area contributed by atoms with Gasteiger partial charge in [-0.2, -0.15) is 15.4 Å². The number of carbonyl (C=O) groups excluding carboxylic acids is 1. The van der Waals surface area contributed by atoms with E-state index in [0.717, 1.165) is 17.5 Å². The van der Waals surface area contributed by atoms with Gasteiger partial charge in [0.05, 0.1) is 19.0 Å². The monoisotopic (exact) mass is 575 g/mol. The minimum absolute atomic E-state index is 0.0663. The molecule has 6 heterocycles. The third-order valence-electron chi connectivity index (χ3n) is 7.69. The van der Waals surface area contributed by atoms with Crippen LogP contribution in [-0.2, 0) is 23.7 Å². The maximum atomic E-state index is 13.0. The van der Waals surface area contributed by atoms with Crippen LogP contribution in [0.4, 0.5) is 5.82 Å². The Bertz CT molecular complexity index is 1610. The number of nitrogens with zero attached hydrogens (tertiary/aromatic N) is 6. The van der Waals surface area contributed by atoms with E-state index in [1.807, 2.05) is 52.0 Å². The fourth-order valence-corrected chi connectivity index (χ4v) is 5.74. The van der Waals surface area contributed by atoms with Crippen molar-refractivity contribution in [2.75, 3.05) is 25.1 Å². The van der Waals surface area contributed by atoms with Gasteiger partial charge in [0.2, 0.25) is 0 Å². The van der Waals surface area contributed by atoms with Gasteiger partial charge in [-0.3, -0.25) is 9.36 Å². The molecular formula is C28H33N9O5. The number of aryl methyl sites for hydroxylation is 1. The molecule has 0 aliphatic carbocycles. The molecule has 1 unspecified atom stereocenters. The minimum atomic E-state index is -0.891. The fourth-order valence-electron chi connectivity index (χ4n) is 5.74. The van der Waals surface area contributed by atoms with E-state index in [9.17, 15) is 4.79 Å². The molecule has 7 rings (SSSR count). The summed E-state index contributed by atoms with van der Waals surface area (Å²) in [5.74, 6) is -0.253. The second-order valence-corrected chi connectivity index (χ2v) is 11.2. The molecule has 3 aromatic heterocycles. The molecule has 0 spiro atoms. The molecule has 14 heteroatoms. The molecule has 220 valence electrons. The maximum absolute atomic E-state index is 13.0. The summed E-state index contributed by atoms with van der Waals surface area (Å²) in [6.45, 7) is 9.24. The highest BCUT2D eigenvalue weighted by atomic mass is 16.8. The lowest BCUT2D eigenvalue weighted by Gasteiger charge is -2.24. The first-order valence-corrected chi connectivity index (χ1v) is 14.2. The smallest absolute Gasteiger partial charge is 0.252 e. The van der Waals surface area contributed by atoms with Crippen LogP contribution >= 0.6 is 0 Å². The van der Waals surface area contributed by atoms with Crippen LogP contribution in [-0.4, -0.2) is 90.7 Å². The van der Waals surface area contributed by atoms with E-state index in [0.29, 0.717) is 54.0 Å². The Hall–Kier alpha value is -3.98. The van der Waals surface area contributed by atoms with Gasteiger partial charge in [-0.1, -0.05) is 29.8 Å². The number of benzene rings is 1. The number of likely N-dealkylation sites (N-methyl/N-ethyl adjacent to an activating group) is 1. The molecule has 3 fully saturated rings. The predicted molar refractivity (Wildman–Crippen MR) is 150 cm³/mol. The SMILES string of the molecule is CCNC(=O)[C@H]1O[C@@H](n2cnc3c(NC4CCOC4)nc(-c4n[nH]nc4-c4ccc(C)cc4)nc32)[C@@H]2OC(C)(C)O[C@H]21. The molecule has 5 atom stereocenters. The van der Waals surface area contributed by atoms with E-state index in [2.05, 4.69) is 31.0 Å². The molecule has 3 aliphatic rings. The molecule has 1 aromatic carbocycles. The van der Waals surface area contributed by atoms with E-state index in [4.69, 9.17) is 28.9 Å². The minimum Gasteiger partial charge on any atom is -0.379 e. The van der Waals surface area contributed by atoms with Gasteiger partial charge < -0.3 is 29.6 Å². The number of imidazole rings is 1. The molecule has 0 saturated carbocycles. The van der Waals surface area contributed by atoms with Crippen molar-refractivity contribution in [1.29, 1.82) is 0 Å². The number of nitrogens with one attached hydrogen (secondary N) is 3. The third kappa shape index (κ3) is 4.69. The first kappa shape index (κ1) is 26.9. The number of hydrogen-bond donors (Lipinski definition) is 3. The van der Waals surface area contributed by atoms with Crippen LogP contribution in [0.5, 0.6) is 0 Å². The second kappa shape index (κ2) is 10.4. The molecular weight excluding hydrogens is 542 g/mol. The van der Waals surface area contributed by atoms with Gasteiger partial charge in [0, 0.05) is 18.7 Å². The molecule has 14 nitrogen and oxygen atoms in total. The van der Waals surface area contributed by atoms with Crippen LogP contribution in [0, 0.1) is 6.92 Å². The quantitative estimate of drug-likeness (QED) is 0.296. The van der Waals surface area contributed by atoms with Crippen LogP contribution in [0.3, 0.4) is 0 Å². The van der Waals surface area contributed by atoms with Crippen LogP contribution in [0.25, 0.3) is 33.9 Å². The maximum Gasteiger partial charge on any atom is 0.252 e. The number of hydrogen-bond acceptors (Lipinski definition) is 11. The highest BCUT2D eigenvalue weighted by molar-refractivity contribution is 5.87. The lowest BCUT2D eigenvalue weighted by Crippen LogP contribution is -2.42. The van der Waals surface area contributed by atoms with E-state index < -0.39 is 30.3 Å². The zero-order valence-electron chi connectivity index (χ0n) is 23.8. The van der Waals surface area contributed by atoms with Gasteiger partial charge in [-0.05, 0) is 34.1 Å². The first-order valence-electron chi connectivity index (χ1n) is 14.2. The van der Waals surface area contributed by atoms with Gasteiger partial charge in [0.15, 0.2) is 46.6 Å². The van der Waals surface area contributed by atoms with Gasteiger partial charge in [-0.15, -0.1) is 0 Å². The molecule has 3 N–H and O–H groups in total. The number of aromatic amines is 1. The van der Waals surface area contributed by atoms with Crippen LogP contribution in [0.2, 0.25) is 0 Å². The first-order chi connectivity index (χ1) is 20.3. The summed E-state index contributed by atoms with van der Waals surface area (Å²) in [6.07, 6.45) is -0.291. The van der Waals surface area contributed by atoms with Crippen molar-refractivity contribution in [2.24, 2.45) is 0 Å². The van der Waals surface area contributed by atoms with E-state index in [-0.39, 0.29) is 11.9 Å². The van der Waals surface area contributed by atoms with Crippen molar-refractivity contribution in [3.8, 4) is 22.8 Å². The number of amides is 1. The zero-order valence-corrected chi connectivity index (χ0v) is 23.8. The Morgan fingerprint density at radius 1 is 1.12 bits per heavy atom. The van der Waals surface area contributed by atoms with E-state index >= 15 is 0 Å². The van der Waals surface area contributed by atoms with E-state index in [1.165, 1.54) is 0 Å². The number of ether oxygens (including phenoxy) is 4. The molecule has 4 aromatic rings. The van der Waals surface area contributed by atoms with Crippen LogP contribution < -0.4 is 10.6 Å². The number of H-pyrrole nitrogens is 1. The lowest BCUT2D eigenvalue weighted by atomic mass is 10.1. The summed E-state index contributed by atoms with van der Waals surface area (Å²) in [5, 5.41) is 17.9. The summed E-state index contributed by atoms with van der Waals surface area (Å²) >= 11 is 0. The Balaban J connectivity index is 1.34. The summed E-state index contributed by atoms with van der Waals surface area (Å²) < 4.78 is 26.1. The summed E-state index contributed by atoms with van der Waals surface area (Å²) in [6, 6.07) is 8.08. The number of anilines is 1. The highest BCUT2D eigenvalue weighted by Gasteiger charge is 2.58. The average molecular weight is 576 g/mol. The van der Waals surface area contributed by atoms with Gasteiger partial charge >= 0.3 is 0 Å². The van der Waals surface area contributed by atoms with Crippen molar-refractivity contribution in [3.63, 3.8) is 0 Å². The second-order valence-electron chi connectivity index (χ2n) is 11.2. The summed E-state index contributed by atoms with van der Waals surface area (Å²) in [5.41, 5.74) is 4.17. The number of rotatable bonds is 7. The van der Waals surface area contributed by atoms with Crippen molar-refractivity contribution < 1.29 is 23.7 Å². The Morgan fingerprint density at radius 3 is 2.67 bits per heavy atom. The average Bonchev–Trinajstić information content (AvgIpc) is 3.78. The van der Waals surface area contributed by atoms with Gasteiger partial charge in [0.1, 0.15) is 17.9 Å². The topological polar surface area (TPSA) is 163 Å². The molecule has 3 saturated heterocycles. The van der Waals surface area contributed by atoms with Gasteiger partial charge in [-0.25, -0.2) is 15.0 Å². The molecule has 42 heavy (non-hydrogen) atoms. The third-order valence-corrected chi connectivity index (χ3v) is 7.69. The van der Waals surface area contributed by atoms with E-state index in [1.54, 1.807) is 10.9 Å². The number of aromatic nitrogens is 7. The molecule has 3 aliphatic heterocycles. The Labute approximate surface area is 241 Å². The summed E-state index contributed by atoms with van der Waals surface area (Å²) in [4.78, 5) is 27.5. The number of carbonyl (C=O) groups is 1. The largest absolute Gasteiger partial charge is 0.379 e. The zero-order chi connectivity index (χ0) is 29.0. The highest BCUT2D eigenvalue weighted by Crippen LogP contribution is 2.44. The Kier molecular flexibility index (Phi) is 6.65. The van der Waals surface area contributed by atoms with Crippen molar-refractivity contribution >= 4 is 22.9 Å². The number of fused-ring (bicyclic) bond motifs is 2. The predicted octanol–water partition coefficient (Wildman–Crippen LogP) is 2.34. The van der Waals surface area contributed by atoms with Crippen molar-refractivity contribution in [2.45, 2.75) is 70.5 Å². The lowest BCUT2D eigenvalue weighted by molar-refractivity contribution is -0.197. The molecule has 0 bridgehead atoms. The van der Waals surface area contributed by atoms with Crippen LogP contribution in [0.1, 0.15) is 39.0 Å². The summed E-state index contributed by atoms with van der Waals surface area (Å²) in [7, 11) is 0. The standard InChI is InChI=1S/C28H33N9O5/c1-5-29-26(38)21-20-22(42-28(3,4)41-20)27(40-21)37-13-30-19-24(31-16-10-11-39-12-16)32-23(33-25(19)37)18-17(34-36-35-18)15-8-6-14(2)7-9-15/h6-9,13,16,20-22,27H,5,10-12H2,1-4H3,(H,29,38)(H,31,32,33)(H,34,35,36)/t16?,20-,21-,22+,27+/m0/s1. The van der Waals surface area contributed by atoms with Gasteiger partial charge in [0.25, 0.3) is 5.91 Å². The Morgan fingerprint density at radius 2 is 1.90 bits per heavy atom. The van der Waals surface area contributed by atoms with Crippen molar-refractivity contribution in [3.05, 3.63) is 36.2 Å². The molecule has 1 amide bonds. The van der Waals surface area contributed by atoms with Crippen LogP contribution in [0.15, 0.2) is 30.6 Å². The molecule has 0 radical (unpaired) electrons. The normalized spacial score (nSPS) is 26.5.